The van der Waals surface area contributed by atoms with Crippen molar-refractivity contribution in [3.8, 4) is 0 Å². The van der Waals surface area contributed by atoms with Crippen LogP contribution in [0.2, 0.25) is 0 Å². The highest BCUT2D eigenvalue weighted by atomic mass is 32.2. The van der Waals surface area contributed by atoms with Crippen LogP contribution in [0.5, 0.6) is 0 Å². The first-order chi connectivity index (χ1) is 22.7. The summed E-state index contributed by atoms with van der Waals surface area (Å²) in [4.78, 5) is 88.6. The Labute approximate surface area is 289 Å². The summed E-state index contributed by atoms with van der Waals surface area (Å²) >= 11 is 1.20. The van der Waals surface area contributed by atoms with E-state index in [4.69, 9.17) is 39.1 Å². The third-order valence-corrected chi connectivity index (χ3v) is 7.10. The highest BCUT2D eigenvalue weighted by Gasteiger charge is 2.34. The maximum atomic E-state index is 12.1. The van der Waals surface area contributed by atoms with Gasteiger partial charge in [-0.15, -0.1) is 11.8 Å². The van der Waals surface area contributed by atoms with Gasteiger partial charge in [0.2, 0.25) is 29.5 Å². The first kappa shape index (κ1) is 47.3. The molecule has 0 aromatic heterocycles. The molecule has 2 radical (unpaired) electrons. The van der Waals surface area contributed by atoms with E-state index in [1.54, 1.807) is 13.8 Å². The maximum absolute atomic E-state index is 12.1. The summed E-state index contributed by atoms with van der Waals surface area (Å²) in [6.45, 7) is 6.45. The van der Waals surface area contributed by atoms with Crippen molar-refractivity contribution < 1.29 is 68.6 Å². The van der Waals surface area contributed by atoms with Gasteiger partial charge < -0.3 is 62.1 Å². The standard InChI is InChI=1S/C17H30N4O6S.C6H10O5.C5H8BNO3/c1-9(2)15(16(18)26)21-12(22)5-6-19-13(23)8-20-17(27)11(7-14(24)25)28-10(3)4;7-3-1-4(8)5(6(9)10)11-2-3;6-4(9)3-7-5(10)1-2-8/h9-11,15H,5-8H2,1-4H3,(H2,18,26)(H,19,23)(H,20,27)(H,21,22)(H,24,25);3-5,7-8H,1-2H2,(H,9,10);8H,1-3H2,(H,7,10)/t11?,15-;3?,4?,5-;/m00./s1. The van der Waals surface area contributed by atoms with Gasteiger partial charge in [0.05, 0.1) is 55.9 Å². The first-order valence-corrected chi connectivity index (χ1v) is 16.0. The molecule has 0 spiro atoms. The van der Waals surface area contributed by atoms with Crippen molar-refractivity contribution in [3.05, 3.63) is 0 Å². The van der Waals surface area contributed by atoms with Gasteiger partial charge in [-0.3, -0.25) is 28.8 Å². The van der Waals surface area contributed by atoms with Crippen molar-refractivity contribution in [1.29, 1.82) is 0 Å². The highest BCUT2D eigenvalue weighted by molar-refractivity contribution is 8.01. The summed E-state index contributed by atoms with van der Waals surface area (Å²) in [5, 5.41) is 52.3. The molecule has 19 nitrogen and oxygen atoms in total. The highest BCUT2D eigenvalue weighted by Crippen LogP contribution is 2.20. The van der Waals surface area contributed by atoms with Crippen LogP contribution in [0.4, 0.5) is 0 Å². The number of nitrogens with two attached hydrogens (primary N) is 1. The molecule has 1 fully saturated rings. The van der Waals surface area contributed by atoms with E-state index in [-0.39, 0.29) is 75.6 Å². The number of carbonyl (C=O) groups excluding carboxylic acids is 6. The molecule has 1 rings (SSSR count). The normalized spacial score (nSPS) is 17.9. The number of amides is 5. The van der Waals surface area contributed by atoms with Gasteiger partial charge in [0, 0.05) is 25.8 Å². The lowest BCUT2D eigenvalue weighted by molar-refractivity contribution is -0.173. The Morgan fingerprint density at radius 1 is 0.898 bits per heavy atom. The molecule has 1 heterocycles. The van der Waals surface area contributed by atoms with E-state index in [9.17, 15) is 38.4 Å². The topological polar surface area (TPSA) is 321 Å². The maximum Gasteiger partial charge on any atom is 0.335 e. The van der Waals surface area contributed by atoms with Crippen molar-refractivity contribution in [2.45, 2.75) is 88.2 Å². The zero-order chi connectivity index (χ0) is 38.3. The number of aliphatic hydroxyl groups is 3. The summed E-state index contributed by atoms with van der Waals surface area (Å²) in [6.07, 6.45) is -3.35. The molecule has 0 aliphatic carbocycles. The van der Waals surface area contributed by atoms with Gasteiger partial charge in [-0.2, -0.15) is 0 Å². The largest absolute Gasteiger partial charge is 0.481 e. The molecule has 0 aromatic rings. The van der Waals surface area contributed by atoms with E-state index < -0.39 is 70.9 Å². The number of thioether (sulfide) groups is 1. The zero-order valence-electron chi connectivity index (χ0n) is 27.9. The summed E-state index contributed by atoms with van der Waals surface area (Å²) in [5.74, 6) is -4.93. The van der Waals surface area contributed by atoms with Crippen LogP contribution in [0.3, 0.4) is 0 Å². The number of nitrogens with one attached hydrogen (secondary N) is 4. The molecule has 1 aliphatic rings. The van der Waals surface area contributed by atoms with Crippen LogP contribution < -0.4 is 27.0 Å². The number of ether oxygens (including phenoxy) is 1. The van der Waals surface area contributed by atoms with E-state index in [1.807, 2.05) is 13.8 Å². The van der Waals surface area contributed by atoms with E-state index in [1.165, 1.54) is 11.8 Å². The van der Waals surface area contributed by atoms with Crippen LogP contribution in [0.1, 0.15) is 53.4 Å². The minimum absolute atomic E-state index is 0.00722. The first-order valence-electron chi connectivity index (χ1n) is 15.1. The van der Waals surface area contributed by atoms with Gasteiger partial charge in [0.1, 0.15) is 6.04 Å². The van der Waals surface area contributed by atoms with Gasteiger partial charge in [0.25, 0.3) is 0 Å². The SMILES string of the molecule is CC(C)SC(CC(=O)O)C(=O)NCC(=O)NCCC(=O)N[C@H](C(N)=O)C(C)C.O=C(O)[C@H]1OCC(O)CC1O.[B]C(=O)CNC(=O)CCO. The number of carboxylic acids is 2. The van der Waals surface area contributed by atoms with Crippen LogP contribution in [0.25, 0.3) is 0 Å². The summed E-state index contributed by atoms with van der Waals surface area (Å²) in [7, 11) is 4.72. The van der Waals surface area contributed by atoms with Crippen LogP contribution >= 0.6 is 11.8 Å². The van der Waals surface area contributed by atoms with Crippen LogP contribution in [0.15, 0.2) is 0 Å². The predicted molar refractivity (Wildman–Crippen MR) is 175 cm³/mol. The lowest BCUT2D eigenvalue weighted by Gasteiger charge is -2.27. The number of hydrogen-bond acceptors (Lipinski definition) is 13. The van der Waals surface area contributed by atoms with Gasteiger partial charge in [-0.25, -0.2) is 4.79 Å². The average Bonchev–Trinajstić information content (AvgIpc) is 2.97. The Balaban J connectivity index is 0. The molecule has 3 unspecified atom stereocenters. The second-order valence-corrected chi connectivity index (χ2v) is 12.8. The molecular weight excluding hydrogens is 673 g/mol. The third kappa shape index (κ3) is 24.9. The van der Waals surface area contributed by atoms with Gasteiger partial charge in [-0.05, 0) is 11.2 Å². The Morgan fingerprint density at radius 3 is 1.96 bits per heavy atom. The number of carbonyl (C=O) groups is 8. The van der Waals surface area contributed by atoms with Crippen molar-refractivity contribution in [2.75, 3.05) is 32.8 Å². The number of hydrogen-bond donors (Lipinski definition) is 10. The molecule has 1 aliphatic heterocycles. The number of primary amides is 1. The van der Waals surface area contributed by atoms with Crippen LogP contribution in [-0.2, 0) is 43.1 Å². The predicted octanol–water partition coefficient (Wildman–Crippen LogP) is -4.02. The fourth-order valence-electron chi connectivity index (χ4n) is 3.57. The van der Waals surface area contributed by atoms with E-state index in [0.29, 0.717) is 0 Å². The van der Waals surface area contributed by atoms with Gasteiger partial charge >= 0.3 is 11.9 Å². The summed E-state index contributed by atoms with van der Waals surface area (Å²) < 4.78 is 4.66. The van der Waals surface area contributed by atoms with E-state index >= 15 is 0 Å². The third-order valence-electron chi connectivity index (χ3n) is 5.85. The fraction of sp³-hybridized carbons (Fsp3) is 0.714. The minimum atomic E-state index is -1.19. The zero-order valence-corrected chi connectivity index (χ0v) is 28.7. The average molecular weight is 722 g/mol. The van der Waals surface area contributed by atoms with Crippen molar-refractivity contribution in [1.82, 2.24) is 21.3 Å². The Bertz CT molecular complexity index is 1110. The fourth-order valence-corrected chi connectivity index (χ4v) is 4.67. The number of aliphatic carboxylic acids is 2. The Kier molecular flexibility index (Phi) is 25.2. The Hall–Kier alpha value is -3.79. The molecule has 0 aromatic carbocycles. The molecule has 0 bridgehead atoms. The molecule has 278 valence electrons. The van der Waals surface area contributed by atoms with Crippen molar-refractivity contribution in [2.24, 2.45) is 11.7 Å². The lowest BCUT2D eigenvalue weighted by Crippen LogP contribution is -2.48. The van der Waals surface area contributed by atoms with E-state index in [2.05, 4.69) is 26.0 Å². The molecule has 5 amide bonds. The second-order valence-electron chi connectivity index (χ2n) is 11.0. The molecule has 0 saturated carbocycles. The summed E-state index contributed by atoms with van der Waals surface area (Å²) in [5.41, 5.74) is 4.62. The van der Waals surface area contributed by atoms with E-state index in [0.717, 1.165) is 0 Å². The lowest BCUT2D eigenvalue weighted by atomic mass is 10.0. The molecule has 11 N–H and O–H groups in total. The molecule has 21 heteroatoms. The quantitative estimate of drug-likeness (QED) is 0.0603. The molecular formula is C28H48BN5O14S. The van der Waals surface area contributed by atoms with Crippen molar-refractivity contribution >= 4 is 66.8 Å². The molecule has 5 atom stereocenters. The van der Waals surface area contributed by atoms with Crippen LogP contribution in [0, 0.1) is 5.92 Å². The smallest absolute Gasteiger partial charge is 0.335 e. The van der Waals surface area contributed by atoms with Gasteiger partial charge in [-0.1, -0.05) is 27.7 Å². The summed E-state index contributed by atoms with van der Waals surface area (Å²) in [6, 6.07) is -0.785. The molecule has 49 heavy (non-hydrogen) atoms. The van der Waals surface area contributed by atoms with Crippen LogP contribution in [-0.4, -0.2) is 148 Å². The minimum Gasteiger partial charge on any atom is -0.481 e. The molecule has 1 saturated heterocycles. The van der Waals surface area contributed by atoms with Gasteiger partial charge in [0.15, 0.2) is 14.0 Å². The number of rotatable bonds is 18. The monoisotopic (exact) mass is 721 g/mol. The Morgan fingerprint density at radius 2 is 1.51 bits per heavy atom. The number of aliphatic hydroxyl groups excluding tert-OH is 3. The second kappa shape index (κ2) is 26.1. The number of carboxylic acid groups (broad SMARTS) is 2. The van der Waals surface area contributed by atoms with Crippen molar-refractivity contribution in [3.63, 3.8) is 0 Å².